The Bertz CT molecular complexity index is 993. The van der Waals surface area contributed by atoms with Crippen LogP contribution in [0.2, 0.25) is 0 Å². The van der Waals surface area contributed by atoms with E-state index in [1.807, 2.05) is 51.8 Å². The molecule has 0 unspecified atom stereocenters. The molecular formula is C23H36N8O2. The molecule has 0 atom stereocenters. The minimum Gasteiger partial charge on any atom is -0.394 e. The zero-order chi connectivity index (χ0) is 24.7. The Kier molecular flexibility index (Phi) is 8.98. The molecule has 0 bridgehead atoms. The highest BCUT2D eigenvalue weighted by atomic mass is 16.3. The van der Waals surface area contributed by atoms with Gasteiger partial charge in [0.25, 0.3) is 0 Å². The number of rotatable bonds is 10. The molecule has 0 aliphatic rings. The van der Waals surface area contributed by atoms with Crippen molar-refractivity contribution in [3.63, 3.8) is 0 Å². The summed E-state index contributed by atoms with van der Waals surface area (Å²) in [5.41, 5.74) is 6.25. The number of nitrogens with zero attached hydrogens (tertiary/aromatic N) is 4. The fourth-order valence-electron chi connectivity index (χ4n) is 3.41. The first-order valence-corrected chi connectivity index (χ1v) is 11.0. The van der Waals surface area contributed by atoms with Crippen molar-refractivity contribution < 1.29 is 9.90 Å². The Morgan fingerprint density at radius 2 is 1.91 bits per heavy atom. The summed E-state index contributed by atoms with van der Waals surface area (Å²) in [5.74, 6) is 1.91. The lowest BCUT2D eigenvalue weighted by Crippen LogP contribution is -2.46. The minimum absolute atomic E-state index is 0.132. The molecule has 0 radical (unpaired) electrons. The quantitative estimate of drug-likeness (QED) is 0.274. The first-order valence-electron chi connectivity index (χ1n) is 11.0. The van der Waals surface area contributed by atoms with E-state index in [4.69, 9.17) is 5.41 Å². The molecule has 2 aromatic heterocycles. The van der Waals surface area contributed by atoms with E-state index in [1.165, 1.54) is 5.01 Å². The van der Waals surface area contributed by atoms with Gasteiger partial charge in [-0.3, -0.25) is 5.01 Å². The van der Waals surface area contributed by atoms with Crippen LogP contribution in [0, 0.1) is 12.3 Å². The summed E-state index contributed by atoms with van der Waals surface area (Å²) in [7, 11) is 3.68. The van der Waals surface area contributed by atoms with Gasteiger partial charge in [-0.15, -0.1) is 0 Å². The van der Waals surface area contributed by atoms with Crippen LogP contribution in [0.5, 0.6) is 0 Å². The second-order valence-electron chi connectivity index (χ2n) is 8.13. The van der Waals surface area contributed by atoms with E-state index in [0.717, 1.165) is 29.2 Å². The molecule has 0 spiro atoms. The molecule has 180 valence electrons. The molecule has 10 heteroatoms. The number of anilines is 4. The lowest BCUT2D eigenvalue weighted by atomic mass is 9.95. The van der Waals surface area contributed by atoms with Gasteiger partial charge in [-0.05, 0) is 44.4 Å². The number of aliphatic hydroxyl groups excluding tert-OH is 1. The predicted octanol–water partition coefficient (Wildman–Crippen LogP) is 3.33. The standard InChI is InChI=1S/C23H36N8O2/c1-8-30(7)19-12-17(11-15(4)26-19)27-23(33)29-31(9-10-32)20-13-18(14(2)3)21(16(5)24)22(25-6)28-20/h11-14,24,32H,8-10H2,1-7H3,(H,25,28)(H2,26,27,29,33). The van der Waals surface area contributed by atoms with Crippen molar-refractivity contribution in [1.82, 2.24) is 15.4 Å². The molecule has 2 aromatic rings. The molecule has 0 saturated carbocycles. The van der Waals surface area contributed by atoms with Crippen LogP contribution >= 0.6 is 0 Å². The Labute approximate surface area is 195 Å². The van der Waals surface area contributed by atoms with Gasteiger partial charge in [0, 0.05) is 49.4 Å². The minimum atomic E-state index is -0.467. The van der Waals surface area contributed by atoms with E-state index in [9.17, 15) is 9.90 Å². The van der Waals surface area contributed by atoms with Crippen LogP contribution in [-0.2, 0) is 0 Å². The Balaban J connectivity index is 2.34. The maximum atomic E-state index is 12.8. The summed E-state index contributed by atoms with van der Waals surface area (Å²) < 4.78 is 0. The average Bonchev–Trinajstić information content (AvgIpc) is 2.76. The van der Waals surface area contributed by atoms with Crippen molar-refractivity contribution in [2.75, 3.05) is 54.3 Å². The molecule has 2 amide bonds. The summed E-state index contributed by atoms with van der Waals surface area (Å²) in [6, 6.07) is 4.98. The fraction of sp³-hybridized carbons (Fsp3) is 0.478. The fourth-order valence-corrected chi connectivity index (χ4v) is 3.41. The van der Waals surface area contributed by atoms with Crippen LogP contribution in [0.4, 0.5) is 27.9 Å². The topological polar surface area (TPSA) is 130 Å². The SMILES string of the molecule is CCN(C)c1cc(NC(=O)NN(CCO)c2cc(C(C)C)c(C(C)=N)c(NC)n2)cc(C)n1. The number of hydrazine groups is 1. The van der Waals surface area contributed by atoms with E-state index in [2.05, 4.69) is 26.0 Å². The molecule has 2 rings (SSSR count). The monoisotopic (exact) mass is 456 g/mol. The second kappa shape index (κ2) is 11.5. The number of amides is 2. The maximum absolute atomic E-state index is 12.8. The molecule has 0 aliphatic carbocycles. The van der Waals surface area contributed by atoms with Gasteiger partial charge < -0.3 is 26.0 Å². The Hall–Kier alpha value is -3.40. The summed E-state index contributed by atoms with van der Waals surface area (Å²) in [6.07, 6.45) is 0. The van der Waals surface area contributed by atoms with Crippen molar-refractivity contribution in [2.24, 2.45) is 0 Å². The van der Waals surface area contributed by atoms with Gasteiger partial charge in [0.2, 0.25) is 0 Å². The largest absolute Gasteiger partial charge is 0.394 e. The lowest BCUT2D eigenvalue weighted by Gasteiger charge is -2.26. The van der Waals surface area contributed by atoms with Gasteiger partial charge in [0.1, 0.15) is 17.5 Å². The number of nitrogens with one attached hydrogen (secondary N) is 4. The van der Waals surface area contributed by atoms with Crippen molar-refractivity contribution in [1.29, 1.82) is 5.41 Å². The van der Waals surface area contributed by atoms with E-state index >= 15 is 0 Å². The van der Waals surface area contributed by atoms with Gasteiger partial charge in [0.05, 0.1) is 13.2 Å². The first-order chi connectivity index (χ1) is 15.6. The summed E-state index contributed by atoms with van der Waals surface area (Å²) >= 11 is 0. The van der Waals surface area contributed by atoms with Crippen LogP contribution in [0.15, 0.2) is 18.2 Å². The number of carbonyl (C=O) groups is 1. The zero-order valence-electron chi connectivity index (χ0n) is 20.6. The molecule has 0 aromatic carbocycles. The number of aromatic nitrogens is 2. The van der Waals surface area contributed by atoms with Crippen molar-refractivity contribution in [2.45, 2.75) is 40.5 Å². The highest BCUT2D eigenvalue weighted by Crippen LogP contribution is 2.29. The molecule has 33 heavy (non-hydrogen) atoms. The van der Waals surface area contributed by atoms with E-state index in [1.54, 1.807) is 20.0 Å². The van der Waals surface area contributed by atoms with Crippen molar-refractivity contribution in [3.8, 4) is 0 Å². The van der Waals surface area contributed by atoms with Gasteiger partial charge in [-0.1, -0.05) is 13.8 Å². The van der Waals surface area contributed by atoms with Gasteiger partial charge >= 0.3 is 6.03 Å². The summed E-state index contributed by atoms with van der Waals surface area (Å²) in [5, 5.41) is 25.2. The number of urea groups is 1. The van der Waals surface area contributed by atoms with E-state index < -0.39 is 6.03 Å². The van der Waals surface area contributed by atoms with Crippen LogP contribution in [-0.4, -0.2) is 60.6 Å². The number of hydrogen-bond acceptors (Lipinski definition) is 8. The van der Waals surface area contributed by atoms with Gasteiger partial charge in [0.15, 0.2) is 0 Å². The highest BCUT2D eigenvalue weighted by Gasteiger charge is 2.20. The number of aliphatic hydroxyl groups is 1. The normalized spacial score (nSPS) is 10.7. The average molecular weight is 457 g/mol. The third kappa shape index (κ3) is 6.55. The molecule has 0 aliphatic heterocycles. The molecular weight excluding hydrogens is 420 g/mol. The maximum Gasteiger partial charge on any atom is 0.338 e. The third-order valence-corrected chi connectivity index (χ3v) is 5.17. The van der Waals surface area contributed by atoms with Gasteiger partial charge in [-0.25, -0.2) is 20.2 Å². The Morgan fingerprint density at radius 1 is 1.21 bits per heavy atom. The molecule has 5 N–H and O–H groups in total. The van der Waals surface area contributed by atoms with Crippen LogP contribution in [0.3, 0.4) is 0 Å². The number of pyridine rings is 2. The number of carbonyl (C=O) groups excluding carboxylic acids is 1. The lowest BCUT2D eigenvalue weighted by molar-refractivity contribution is 0.248. The molecule has 0 saturated heterocycles. The van der Waals surface area contributed by atoms with E-state index in [-0.39, 0.29) is 19.1 Å². The Morgan fingerprint density at radius 3 is 2.45 bits per heavy atom. The molecule has 2 heterocycles. The smallest absolute Gasteiger partial charge is 0.338 e. The summed E-state index contributed by atoms with van der Waals surface area (Å²) in [4.78, 5) is 23.9. The predicted molar refractivity (Wildman–Crippen MR) is 135 cm³/mol. The zero-order valence-corrected chi connectivity index (χ0v) is 20.6. The van der Waals surface area contributed by atoms with Crippen LogP contribution in [0.1, 0.15) is 50.4 Å². The van der Waals surface area contributed by atoms with Gasteiger partial charge in [-0.2, -0.15) is 0 Å². The summed E-state index contributed by atoms with van der Waals surface area (Å²) in [6.45, 7) is 10.5. The van der Waals surface area contributed by atoms with Crippen molar-refractivity contribution in [3.05, 3.63) is 35.0 Å². The van der Waals surface area contributed by atoms with Crippen LogP contribution < -0.4 is 26.0 Å². The van der Waals surface area contributed by atoms with Crippen molar-refractivity contribution >= 4 is 34.9 Å². The number of aryl methyl sites for hydroxylation is 1. The van der Waals surface area contributed by atoms with Crippen LogP contribution in [0.25, 0.3) is 0 Å². The van der Waals surface area contributed by atoms with E-state index in [0.29, 0.717) is 23.0 Å². The first kappa shape index (κ1) is 25.9. The third-order valence-electron chi connectivity index (χ3n) is 5.17. The second-order valence-corrected chi connectivity index (χ2v) is 8.13. The molecule has 10 nitrogen and oxygen atoms in total. The molecule has 0 fully saturated rings. The highest BCUT2D eigenvalue weighted by molar-refractivity contribution is 6.02. The number of hydrogen-bond donors (Lipinski definition) is 5.